The van der Waals surface area contributed by atoms with Gasteiger partial charge >= 0.3 is 5.97 Å². The van der Waals surface area contributed by atoms with Crippen LogP contribution in [0.3, 0.4) is 0 Å². The highest BCUT2D eigenvalue weighted by molar-refractivity contribution is 5.88. The highest BCUT2D eigenvalue weighted by Crippen LogP contribution is 2.26. The molecule has 0 amide bonds. The number of fused-ring (bicyclic) bond motifs is 1. The fourth-order valence-electron chi connectivity index (χ4n) is 5.52. The van der Waals surface area contributed by atoms with E-state index < -0.39 is 5.97 Å². The van der Waals surface area contributed by atoms with Crippen LogP contribution in [0.5, 0.6) is 0 Å². The van der Waals surface area contributed by atoms with Crippen molar-refractivity contribution < 1.29 is 14.3 Å². The Morgan fingerprint density at radius 1 is 1.10 bits per heavy atom. The maximum absolute atomic E-state index is 11.3. The summed E-state index contributed by atoms with van der Waals surface area (Å²) in [5, 5.41) is 13.6. The molecule has 206 valence electrons. The van der Waals surface area contributed by atoms with Gasteiger partial charge in [0.2, 0.25) is 17.7 Å². The molecule has 3 N–H and O–H groups in total. The van der Waals surface area contributed by atoms with E-state index >= 15 is 0 Å². The highest BCUT2D eigenvalue weighted by atomic mass is 35.5. The number of furan rings is 1. The molecule has 0 radical (unpaired) electrons. The van der Waals surface area contributed by atoms with Crippen LogP contribution in [-0.2, 0) is 0 Å². The number of benzene rings is 1. The van der Waals surface area contributed by atoms with Crippen LogP contribution in [0, 0.1) is 12.8 Å². The van der Waals surface area contributed by atoms with Crippen LogP contribution in [0.2, 0.25) is 0 Å². The summed E-state index contributed by atoms with van der Waals surface area (Å²) in [5.74, 6) is 1.84. The van der Waals surface area contributed by atoms with Crippen molar-refractivity contribution in [3.8, 4) is 11.6 Å². The lowest BCUT2D eigenvalue weighted by atomic mass is 9.97. The Morgan fingerprint density at radius 3 is 2.64 bits per heavy atom. The molecule has 1 atom stereocenters. The number of hydrogen-bond acceptors (Lipinski definition) is 10. The zero-order valence-corrected chi connectivity index (χ0v) is 22.5. The number of nitrogens with zero attached hydrogens (tertiary/aromatic N) is 8. The molecule has 13 heteroatoms. The Kier molecular flexibility index (Phi) is 7.58. The standard InChI is InChI=1S/C26H31N9O3.ClH/c1-17-14-19(23(36)37)6-7-20(17)33-11-9-32(10-12-33)15-18-4-2-8-34(16-18)25-29-24(27)35-26(30-25)28-22(31-35)21-5-3-13-38-21;/h3,5-7,13-14,18H,2,4,8-12,15-16H2,1H3,(H,36,37)(H2,27,28,29,30,31);1H/t18-;/m0./s1. The first-order valence-electron chi connectivity index (χ1n) is 12.9. The molecular weight excluding hydrogens is 522 g/mol. The third kappa shape index (κ3) is 5.48. The average molecular weight is 554 g/mol. The van der Waals surface area contributed by atoms with Gasteiger partial charge in [-0.1, -0.05) is 0 Å². The minimum atomic E-state index is -0.890. The van der Waals surface area contributed by atoms with E-state index in [0.29, 0.717) is 34.8 Å². The van der Waals surface area contributed by atoms with Crippen molar-refractivity contribution in [1.82, 2.24) is 29.5 Å². The van der Waals surface area contributed by atoms with Gasteiger partial charge < -0.3 is 25.1 Å². The summed E-state index contributed by atoms with van der Waals surface area (Å²) in [6, 6.07) is 8.96. The van der Waals surface area contributed by atoms with E-state index in [9.17, 15) is 9.90 Å². The number of hydrogen-bond donors (Lipinski definition) is 2. The van der Waals surface area contributed by atoms with Gasteiger partial charge in [0.25, 0.3) is 5.78 Å². The molecule has 0 spiro atoms. The van der Waals surface area contributed by atoms with Crippen molar-refractivity contribution in [2.45, 2.75) is 19.8 Å². The maximum Gasteiger partial charge on any atom is 0.335 e. The Hall–Kier alpha value is -3.90. The largest absolute Gasteiger partial charge is 0.478 e. The average Bonchev–Trinajstić information content (AvgIpc) is 3.60. The van der Waals surface area contributed by atoms with Gasteiger partial charge in [-0.2, -0.15) is 19.5 Å². The number of aromatic carboxylic acids is 1. The molecular formula is C26H32ClN9O3. The van der Waals surface area contributed by atoms with Gasteiger partial charge in [0.15, 0.2) is 5.76 Å². The van der Waals surface area contributed by atoms with Crippen molar-refractivity contribution in [3.63, 3.8) is 0 Å². The molecule has 12 nitrogen and oxygen atoms in total. The normalized spacial score (nSPS) is 18.3. The van der Waals surface area contributed by atoms with E-state index in [1.165, 1.54) is 4.52 Å². The number of carbonyl (C=O) groups is 1. The molecule has 4 aromatic rings. The second-order valence-electron chi connectivity index (χ2n) is 10.1. The number of aryl methyl sites for hydroxylation is 1. The van der Waals surface area contributed by atoms with Crippen molar-refractivity contribution in [2.24, 2.45) is 5.92 Å². The zero-order chi connectivity index (χ0) is 26.2. The highest BCUT2D eigenvalue weighted by Gasteiger charge is 2.27. The first-order chi connectivity index (χ1) is 18.4. The molecule has 2 aliphatic heterocycles. The number of piperazine rings is 1. The Balaban J connectivity index is 0.00000308. The first kappa shape index (κ1) is 26.7. The molecule has 3 aromatic heterocycles. The summed E-state index contributed by atoms with van der Waals surface area (Å²) < 4.78 is 6.85. The molecule has 1 aromatic carbocycles. The Labute approximate surface area is 231 Å². The van der Waals surface area contributed by atoms with E-state index in [-0.39, 0.29) is 18.4 Å². The Bertz CT molecular complexity index is 1450. The summed E-state index contributed by atoms with van der Waals surface area (Å²) in [4.78, 5) is 32.0. The fourth-order valence-corrected chi connectivity index (χ4v) is 5.52. The van der Waals surface area contributed by atoms with Crippen molar-refractivity contribution in [3.05, 3.63) is 47.7 Å². The number of anilines is 3. The van der Waals surface area contributed by atoms with E-state index in [1.807, 2.05) is 13.0 Å². The lowest BCUT2D eigenvalue weighted by molar-refractivity contribution is 0.0696. The Morgan fingerprint density at radius 2 is 1.92 bits per heavy atom. The summed E-state index contributed by atoms with van der Waals surface area (Å²) in [5.41, 5.74) is 8.67. The molecule has 39 heavy (non-hydrogen) atoms. The van der Waals surface area contributed by atoms with Gasteiger partial charge in [0, 0.05) is 51.5 Å². The number of nitrogens with two attached hydrogens (primary N) is 1. The summed E-state index contributed by atoms with van der Waals surface area (Å²) in [6.45, 7) is 8.54. The predicted octanol–water partition coefficient (Wildman–Crippen LogP) is 2.83. The quantitative estimate of drug-likeness (QED) is 0.364. The van der Waals surface area contributed by atoms with E-state index in [1.54, 1.807) is 30.5 Å². The summed E-state index contributed by atoms with van der Waals surface area (Å²) in [7, 11) is 0. The van der Waals surface area contributed by atoms with Crippen LogP contribution in [-0.4, -0.2) is 86.4 Å². The smallest absolute Gasteiger partial charge is 0.335 e. The molecule has 6 rings (SSSR count). The number of carboxylic acid groups (broad SMARTS) is 1. The molecule has 2 aliphatic rings. The maximum atomic E-state index is 11.3. The monoisotopic (exact) mass is 553 g/mol. The van der Waals surface area contributed by atoms with Gasteiger partial charge in [-0.3, -0.25) is 4.90 Å². The van der Waals surface area contributed by atoms with Crippen molar-refractivity contribution in [2.75, 3.05) is 61.3 Å². The van der Waals surface area contributed by atoms with Crippen molar-refractivity contribution in [1.29, 1.82) is 0 Å². The van der Waals surface area contributed by atoms with E-state index in [2.05, 4.69) is 34.8 Å². The van der Waals surface area contributed by atoms with Crippen LogP contribution in [0.1, 0.15) is 28.8 Å². The number of halogens is 1. The SMILES string of the molecule is Cc1cc(C(=O)O)ccc1N1CCN(C[C@@H]2CCCN(c3nc(N)n4nc(-c5ccco5)nc4n3)C2)CC1.Cl. The lowest BCUT2D eigenvalue weighted by Crippen LogP contribution is -2.50. The van der Waals surface area contributed by atoms with Gasteiger partial charge in [-0.25, -0.2) is 4.79 Å². The summed E-state index contributed by atoms with van der Waals surface area (Å²) >= 11 is 0. The van der Waals surface area contributed by atoms with E-state index in [0.717, 1.165) is 69.9 Å². The van der Waals surface area contributed by atoms with Crippen LogP contribution >= 0.6 is 12.4 Å². The minimum absolute atomic E-state index is 0. The molecule has 5 heterocycles. The second kappa shape index (κ2) is 11.1. The number of piperidine rings is 1. The van der Waals surface area contributed by atoms with Gasteiger partial charge in [-0.15, -0.1) is 17.5 Å². The number of aromatic nitrogens is 5. The van der Waals surface area contributed by atoms with Gasteiger partial charge in [0.1, 0.15) is 0 Å². The minimum Gasteiger partial charge on any atom is -0.478 e. The first-order valence-corrected chi connectivity index (χ1v) is 12.9. The predicted molar refractivity (Wildman–Crippen MR) is 150 cm³/mol. The summed E-state index contributed by atoms with van der Waals surface area (Å²) in [6.07, 6.45) is 3.81. The topological polar surface area (TPSA) is 142 Å². The van der Waals surface area contributed by atoms with Gasteiger partial charge in [0.05, 0.1) is 11.8 Å². The second-order valence-corrected chi connectivity index (χ2v) is 10.1. The molecule has 2 fully saturated rings. The zero-order valence-electron chi connectivity index (χ0n) is 21.7. The van der Waals surface area contributed by atoms with Crippen LogP contribution < -0.4 is 15.5 Å². The molecule has 0 saturated carbocycles. The molecule has 0 unspecified atom stereocenters. The van der Waals surface area contributed by atoms with Crippen LogP contribution in [0.15, 0.2) is 41.0 Å². The van der Waals surface area contributed by atoms with Crippen LogP contribution in [0.4, 0.5) is 17.6 Å². The van der Waals surface area contributed by atoms with Crippen molar-refractivity contribution >= 4 is 41.7 Å². The fraction of sp³-hybridized carbons (Fsp3) is 0.423. The molecule has 0 bridgehead atoms. The lowest BCUT2D eigenvalue weighted by Gasteiger charge is -2.40. The number of nitrogen functional groups attached to an aromatic ring is 1. The molecule has 0 aliphatic carbocycles. The van der Waals surface area contributed by atoms with Crippen LogP contribution in [0.25, 0.3) is 17.4 Å². The van der Waals surface area contributed by atoms with E-state index in [4.69, 9.17) is 10.2 Å². The number of rotatable bonds is 6. The third-order valence-electron chi connectivity index (χ3n) is 7.44. The third-order valence-corrected chi connectivity index (χ3v) is 7.44. The van der Waals surface area contributed by atoms with Gasteiger partial charge in [-0.05, 0) is 61.6 Å². The molecule has 2 saturated heterocycles. The number of carboxylic acids is 1.